The normalized spacial score (nSPS) is 10.9. The van der Waals surface area contributed by atoms with Crippen LogP contribution >= 0.6 is 11.3 Å². The van der Waals surface area contributed by atoms with Crippen molar-refractivity contribution < 1.29 is 18.0 Å². The quantitative estimate of drug-likeness (QED) is 0.423. The minimum Gasteiger partial charge on any atom is -0.338 e. The molecule has 1 aromatic heterocycles. The molecule has 31 heavy (non-hydrogen) atoms. The number of urea groups is 1. The Morgan fingerprint density at radius 3 is 2.29 bits per heavy atom. The molecule has 3 rings (SSSR count). The van der Waals surface area contributed by atoms with Gasteiger partial charge in [-0.15, -0.1) is 11.3 Å². The van der Waals surface area contributed by atoms with Crippen molar-refractivity contribution in [1.82, 2.24) is 5.32 Å². The van der Waals surface area contributed by atoms with Crippen molar-refractivity contribution in [3.8, 4) is 0 Å². The molecule has 0 aliphatic rings. The average Bonchev–Trinajstić information content (AvgIpc) is 3.21. The van der Waals surface area contributed by atoms with Crippen molar-refractivity contribution in [2.24, 2.45) is 0 Å². The zero-order chi connectivity index (χ0) is 22.4. The Labute approximate surface area is 184 Å². The van der Waals surface area contributed by atoms with Gasteiger partial charge < -0.3 is 16.0 Å². The minimum atomic E-state index is -3.95. The number of amides is 3. The lowest BCUT2D eigenvalue weighted by molar-refractivity contribution is 0.102. The third-order valence-electron chi connectivity index (χ3n) is 4.14. The Bertz CT molecular complexity index is 1190. The standard InChI is InChI=1S/C21H22N4O4S2/c1-3-22-21(27)24-17-6-4-5-16(13-17)23-20(26)19-18(11-12-30-19)31(28,29)25-15-9-7-14(2)8-10-15/h4-13,25H,3H2,1-2H3,(H,23,26)(H2,22,24,27). The maximum Gasteiger partial charge on any atom is 0.319 e. The van der Waals surface area contributed by atoms with Crippen LogP contribution in [0.4, 0.5) is 21.9 Å². The molecule has 0 atom stereocenters. The van der Waals surface area contributed by atoms with E-state index in [0.29, 0.717) is 23.6 Å². The van der Waals surface area contributed by atoms with Gasteiger partial charge in [-0.25, -0.2) is 13.2 Å². The summed E-state index contributed by atoms with van der Waals surface area (Å²) >= 11 is 1.03. The summed E-state index contributed by atoms with van der Waals surface area (Å²) in [5.41, 5.74) is 2.32. The highest BCUT2D eigenvalue weighted by atomic mass is 32.2. The minimum absolute atomic E-state index is 0.0571. The molecule has 4 N–H and O–H groups in total. The first kappa shape index (κ1) is 22.3. The number of aryl methyl sites for hydroxylation is 1. The van der Waals surface area contributed by atoms with Crippen molar-refractivity contribution in [2.45, 2.75) is 18.7 Å². The molecule has 3 amide bonds. The zero-order valence-electron chi connectivity index (χ0n) is 16.9. The fourth-order valence-electron chi connectivity index (χ4n) is 2.70. The van der Waals surface area contributed by atoms with Gasteiger partial charge >= 0.3 is 6.03 Å². The number of nitrogens with one attached hydrogen (secondary N) is 4. The molecular formula is C21H22N4O4S2. The summed E-state index contributed by atoms with van der Waals surface area (Å²) in [5.74, 6) is -0.561. The number of anilines is 3. The van der Waals surface area contributed by atoms with Gasteiger partial charge in [0.2, 0.25) is 0 Å². The summed E-state index contributed by atoms with van der Waals surface area (Å²) in [6.07, 6.45) is 0. The maximum absolute atomic E-state index is 12.8. The van der Waals surface area contributed by atoms with Gasteiger partial charge in [-0.05, 0) is 55.6 Å². The third-order valence-corrected chi connectivity index (χ3v) is 6.61. The summed E-state index contributed by atoms with van der Waals surface area (Å²) in [7, 11) is -3.95. The molecule has 2 aromatic carbocycles. The molecule has 0 unspecified atom stereocenters. The second-order valence-electron chi connectivity index (χ2n) is 6.60. The largest absolute Gasteiger partial charge is 0.338 e. The Kier molecular flexibility index (Phi) is 6.93. The lowest BCUT2D eigenvalue weighted by Crippen LogP contribution is -2.28. The van der Waals surface area contributed by atoms with Gasteiger partial charge in [-0.3, -0.25) is 9.52 Å². The van der Waals surface area contributed by atoms with Crippen LogP contribution in [0.5, 0.6) is 0 Å². The number of rotatable bonds is 7. The Morgan fingerprint density at radius 2 is 1.61 bits per heavy atom. The number of benzene rings is 2. The highest BCUT2D eigenvalue weighted by Gasteiger charge is 2.24. The van der Waals surface area contributed by atoms with Gasteiger partial charge in [0.05, 0.1) is 0 Å². The molecule has 0 spiro atoms. The molecule has 0 saturated carbocycles. The molecule has 3 aromatic rings. The van der Waals surface area contributed by atoms with E-state index in [1.54, 1.807) is 60.8 Å². The van der Waals surface area contributed by atoms with E-state index in [4.69, 9.17) is 0 Å². The van der Waals surface area contributed by atoms with Crippen LogP contribution in [0.15, 0.2) is 64.9 Å². The molecule has 0 saturated heterocycles. The summed E-state index contributed by atoms with van der Waals surface area (Å²) in [5, 5.41) is 9.50. The molecule has 8 nitrogen and oxygen atoms in total. The Balaban J connectivity index is 1.76. The number of sulfonamides is 1. The van der Waals surface area contributed by atoms with E-state index in [9.17, 15) is 18.0 Å². The Hall–Kier alpha value is -3.37. The van der Waals surface area contributed by atoms with E-state index in [1.807, 2.05) is 6.92 Å². The lowest BCUT2D eigenvalue weighted by atomic mass is 10.2. The topological polar surface area (TPSA) is 116 Å². The van der Waals surface area contributed by atoms with Crippen LogP contribution < -0.4 is 20.7 Å². The molecule has 162 valence electrons. The summed E-state index contributed by atoms with van der Waals surface area (Å²) in [6, 6.07) is 14.5. The average molecular weight is 459 g/mol. The lowest BCUT2D eigenvalue weighted by Gasteiger charge is -2.11. The van der Waals surface area contributed by atoms with Gasteiger partial charge in [-0.2, -0.15) is 0 Å². The first-order valence-electron chi connectivity index (χ1n) is 9.42. The summed E-state index contributed by atoms with van der Waals surface area (Å²) in [6.45, 7) is 4.19. The first-order chi connectivity index (χ1) is 14.8. The number of carbonyl (C=O) groups excluding carboxylic acids is 2. The SMILES string of the molecule is CCNC(=O)Nc1cccc(NC(=O)c2sccc2S(=O)(=O)Nc2ccc(C)cc2)c1. The maximum atomic E-state index is 12.8. The number of hydrogen-bond donors (Lipinski definition) is 4. The van der Waals surface area contributed by atoms with E-state index in [0.717, 1.165) is 16.9 Å². The van der Waals surface area contributed by atoms with Crippen LogP contribution in [-0.2, 0) is 10.0 Å². The smallest absolute Gasteiger partial charge is 0.319 e. The van der Waals surface area contributed by atoms with Crippen molar-refractivity contribution >= 4 is 50.4 Å². The zero-order valence-corrected chi connectivity index (χ0v) is 18.6. The fraction of sp³-hybridized carbons (Fsp3) is 0.143. The van der Waals surface area contributed by atoms with Gasteiger partial charge in [0, 0.05) is 23.6 Å². The first-order valence-corrected chi connectivity index (χ1v) is 11.8. The Morgan fingerprint density at radius 1 is 0.935 bits per heavy atom. The van der Waals surface area contributed by atoms with Crippen LogP contribution in [0.2, 0.25) is 0 Å². The van der Waals surface area contributed by atoms with Crippen molar-refractivity contribution in [3.63, 3.8) is 0 Å². The number of hydrogen-bond acceptors (Lipinski definition) is 5. The molecule has 0 aliphatic carbocycles. The molecule has 0 radical (unpaired) electrons. The van der Waals surface area contributed by atoms with Crippen molar-refractivity contribution in [3.05, 3.63) is 70.4 Å². The van der Waals surface area contributed by atoms with E-state index >= 15 is 0 Å². The van der Waals surface area contributed by atoms with E-state index < -0.39 is 15.9 Å². The van der Waals surface area contributed by atoms with Crippen LogP contribution in [0.25, 0.3) is 0 Å². The second-order valence-corrected chi connectivity index (χ2v) is 9.17. The molecule has 0 fully saturated rings. The summed E-state index contributed by atoms with van der Waals surface area (Å²) < 4.78 is 28.1. The van der Waals surface area contributed by atoms with E-state index in [1.165, 1.54) is 6.07 Å². The molecule has 10 heteroatoms. The number of carbonyl (C=O) groups is 2. The van der Waals surface area contributed by atoms with Crippen LogP contribution in [-0.4, -0.2) is 26.9 Å². The molecule has 1 heterocycles. The highest BCUT2D eigenvalue weighted by Crippen LogP contribution is 2.26. The van der Waals surface area contributed by atoms with Gasteiger partial charge in [0.1, 0.15) is 9.77 Å². The van der Waals surface area contributed by atoms with E-state index in [-0.39, 0.29) is 15.8 Å². The van der Waals surface area contributed by atoms with Gasteiger partial charge in [0.25, 0.3) is 15.9 Å². The van der Waals surface area contributed by atoms with Crippen LogP contribution in [0.3, 0.4) is 0 Å². The highest BCUT2D eigenvalue weighted by molar-refractivity contribution is 7.93. The number of thiophene rings is 1. The molecular weight excluding hydrogens is 436 g/mol. The predicted octanol–water partition coefficient (Wildman–Crippen LogP) is 4.25. The molecule has 0 aliphatic heterocycles. The monoisotopic (exact) mass is 458 g/mol. The predicted molar refractivity (Wildman–Crippen MR) is 123 cm³/mol. The fourth-order valence-corrected chi connectivity index (χ4v) is 5.09. The molecule has 0 bridgehead atoms. The van der Waals surface area contributed by atoms with E-state index in [2.05, 4.69) is 20.7 Å². The van der Waals surface area contributed by atoms with Crippen molar-refractivity contribution in [2.75, 3.05) is 21.9 Å². The third kappa shape index (κ3) is 5.83. The second kappa shape index (κ2) is 9.63. The van der Waals surface area contributed by atoms with Gasteiger partial charge in [-0.1, -0.05) is 23.8 Å². The van der Waals surface area contributed by atoms with Crippen molar-refractivity contribution in [1.29, 1.82) is 0 Å². The van der Waals surface area contributed by atoms with Crippen LogP contribution in [0, 0.1) is 6.92 Å². The van der Waals surface area contributed by atoms with Gasteiger partial charge in [0.15, 0.2) is 0 Å². The summed E-state index contributed by atoms with van der Waals surface area (Å²) in [4.78, 5) is 24.4. The van der Waals surface area contributed by atoms with Crippen LogP contribution in [0.1, 0.15) is 22.2 Å².